The molecular formula is C14H19ClFN. The second kappa shape index (κ2) is 5.83. The van der Waals surface area contributed by atoms with E-state index in [1.807, 2.05) is 0 Å². The summed E-state index contributed by atoms with van der Waals surface area (Å²) in [6, 6.07) is 5.20. The number of hydrogen-bond donors (Lipinski definition) is 1. The van der Waals surface area contributed by atoms with E-state index in [1.54, 1.807) is 18.2 Å². The highest BCUT2D eigenvalue weighted by Crippen LogP contribution is 2.28. The predicted molar refractivity (Wildman–Crippen MR) is 69.7 cm³/mol. The summed E-state index contributed by atoms with van der Waals surface area (Å²) in [5.74, 6) is 0.238. The van der Waals surface area contributed by atoms with Gasteiger partial charge in [0.2, 0.25) is 0 Å². The Balaban J connectivity index is 2.01. The first-order valence-corrected chi connectivity index (χ1v) is 6.74. The number of hydrogen-bond acceptors (Lipinski definition) is 1. The number of halogens is 2. The summed E-state index contributed by atoms with van der Waals surface area (Å²) < 4.78 is 13.7. The maximum absolute atomic E-state index is 13.7. The van der Waals surface area contributed by atoms with Gasteiger partial charge in [-0.1, -0.05) is 43.0 Å². The monoisotopic (exact) mass is 255 g/mol. The van der Waals surface area contributed by atoms with Crippen LogP contribution in [0.5, 0.6) is 0 Å². The zero-order valence-corrected chi connectivity index (χ0v) is 10.7. The van der Waals surface area contributed by atoms with Crippen LogP contribution < -0.4 is 5.73 Å². The van der Waals surface area contributed by atoms with Gasteiger partial charge in [-0.25, -0.2) is 4.39 Å². The molecule has 2 N–H and O–H groups in total. The molecule has 0 aromatic heterocycles. The lowest BCUT2D eigenvalue weighted by molar-refractivity contribution is 0.302. The molecule has 1 aromatic rings. The van der Waals surface area contributed by atoms with Crippen LogP contribution in [-0.2, 0) is 6.42 Å². The fourth-order valence-corrected chi connectivity index (χ4v) is 2.88. The van der Waals surface area contributed by atoms with E-state index in [0.717, 1.165) is 0 Å². The minimum Gasteiger partial charge on any atom is -0.327 e. The SMILES string of the molecule is NC(Cc1cccc(Cl)c1F)C1CCCCC1. The number of rotatable bonds is 3. The van der Waals surface area contributed by atoms with Gasteiger partial charge in [0, 0.05) is 6.04 Å². The fraction of sp³-hybridized carbons (Fsp3) is 0.571. The molecule has 1 unspecified atom stereocenters. The van der Waals surface area contributed by atoms with Crippen LogP contribution in [0, 0.1) is 11.7 Å². The van der Waals surface area contributed by atoms with Crippen molar-refractivity contribution in [3.8, 4) is 0 Å². The summed E-state index contributed by atoms with van der Waals surface area (Å²) in [4.78, 5) is 0. The van der Waals surface area contributed by atoms with Crippen molar-refractivity contribution in [2.75, 3.05) is 0 Å². The zero-order valence-electron chi connectivity index (χ0n) is 9.96. The van der Waals surface area contributed by atoms with Crippen molar-refractivity contribution >= 4 is 11.6 Å². The minimum atomic E-state index is -0.305. The molecule has 3 heteroatoms. The lowest BCUT2D eigenvalue weighted by Gasteiger charge is -2.27. The van der Waals surface area contributed by atoms with E-state index >= 15 is 0 Å². The molecule has 1 aliphatic rings. The van der Waals surface area contributed by atoms with Gasteiger partial charge in [-0.3, -0.25) is 0 Å². The van der Waals surface area contributed by atoms with Gasteiger partial charge in [0.1, 0.15) is 5.82 Å². The molecular weight excluding hydrogens is 237 g/mol. The lowest BCUT2D eigenvalue weighted by atomic mass is 9.82. The Morgan fingerprint density at radius 1 is 1.29 bits per heavy atom. The van der Waals surface area contributed by atoms with Crippen molar-refractivity contribution in [3.05, 3.63) is 34.6 Å². The predicted octanol–water partition coefficient (Wildman–Crippen LogP) is 3.93. The van der Waals surface area contributed by atoms with Crippen molar-refractivity contribution in [2.24, 2.45) is 11.7 Å². The summed E-state index contributed by atoms with van der Waals surface area (Å²) in [7, 11) is 0. The van der Waals surface area contributed by atoms with E-state index in [9.17, 15) is 4.39 Å². The first-order valence-electron chi connectivity index (χ1n) is 6.37. The van der Waals surface area contributed by atoms with Gasteiger partial charge >= 0.3 is 0 Å². The summed E-state index contributed by atoms with van der Waals surface area (Å²) in [6.07, 6.45) is 6.80. The van der Waals surface area contributed by atoms with Gasteiger partial charge in [-0.2, -0.15) is 0 Å². The van der Waals surface area contributed by atoms with Crippen LogP contribution in [-0.4, -0.2) is 6.04 Å². The third-order valence-corrected chi connectivity index (χ3v) is 4.03. The molecule has 0 heterocycles. The lowest BCUT2D eigenvalue weighted by Crippen LogP contribution is -2.33. The van der Waals surface area contributed by atoms with Crippen LogP contribution in [0.15, 0.2) is 18.2 Å². The first-order chi connectivity index (χ1) is 8.18. The summed E-state index contributed by atoms with van der Waals surface area (Å²) in [6.45, 7) is 0. The van der Waals surface area contributed by atoms with Gasteiger partial charge in [-0.05, 0) is 36.8 Å². The molecule has 17 heavy (non-hydrogen) atoms. The van der Waals surface area contributed by atoms with Gasteiger partial charge < -0.3 is 5.73 Å². The number of benzene rings is 1. The third kappa shape index (κ3) is 3.20. The molecule has 2 rings (SSSR count). The van der Waals surface area contributed by atoms with E-state index in [-0.39, 0.29) is 16.9 Å². The van der Waals surface area contributed by atoms with Crippen LogP contribution in [0.2, 0.25) is 5.02 Å². The smallest absolute Gasteiger partial charge is 0.145 e. The van der Waals surface area contributed by atoms with E-state index in [4.69, 9.17) is 17.3 Å². The summed E-state index contributed by atoms with van der Waals surface area (Å²) in [5.41, 5.74) is 6.84. The molecule has 0 aliphatic heterocycles. The molecule has 1 atom stereocenters. The highest BCUT2D eigenvalue weighted by atomic mass is 35.5. The Labute approximate surface area is 107 Å². The average molecular weight is 256 g/mol. The van der Waals surface area contributed by atoms with E-state index < -0.39 is 0 Å². The van der Waals surface area contributed by atoms with Gasteiger partial charge in [0.25, 0.3) is 0 Å². The van der Waals surface area contributed by atoms with Crippen molar-refractivity contribution in [3.63, 3.8) is 0 Å². The van der Waals surface area contributed by atoms with Crippen molar-refractivity contribution < 1.29 is 4.39 Å². The van der Waals surface area contributed by atoms with Crippen LogP contribution in [0.4, 0.5) is 4.39 Å². The molecule has 1 aliphatic carbocycles. The largest absolute Gasteiger partial charge is 0.327 e. The highest BCUT2D eigenvalue weighted by Gasteiger charge is 2.21. The number of nitrogens with two attached hydrogens (primary N) is 1. The Morgan fingerprint density at radius 2 is 2.00 bits per heavy atom. The van der Waals surface area contributed by atoms with E-state index in [2.05, 4.69) is 0 Å². The summed E-state index contributed by atoms with van der Waals surface area (Å²) >= 11 is 5.77. The molecule has 0 radical (unpaired) electrons. The van der Waals surface area contributed by atoms with Crippen molar-refractivity contribution in [1.29, 1.82) is 0 Å². The zero-order chi connectivity index (χ0) is 12.3. The second-order valence-corrected chi connectivity index (χ2v) is 5.39. The molecule has 94 valence electrons. The Kier molecular flexibility index (Phi) is 4.41. The first kappa shape index (κ1) is 12.8. The normalized spacial score (nSPS) is 19.2. The van der Waals surface area contributed by atoms with Crippen LogP contribution in [0.3, 0.4) is 0 Å². The molecule has 1 saturated carbocycles. The van der Waals surface area contributed by atoms with Crippen LogP contribution in [0.25, 0.3) is 0 Å². The molecule has 0 amide bonds. The Hall–Kier alpha value is -0.600. The van der Waals surface area contributed by atoms with Crippen LogP contribution in [0.1, 0.15) is 37.7 Å². The topological polar surface area (TPSA) is 26.0 Å². The van der Waals surface area contributed by atoms with Crippen LogP contribution >= 0.6 is 11.6 Å². The molecule has 1 aromatic carbocycles. The second-order valence-electron chi connectivity index (χ2n) is 4.98. The van der Waals surface area contributed by atoms with Gasteiger partial charge in [-0.15, -0.1) is 0 Å². The Bertz CT molecular complexity index is 374. The highest BCUT2D eigenvalue weighted by molar-refractivity contribution is 6.30. The molecule has 0 bridgehead atoms. The quantitative estimate of drug-likeness (QED) is 0.870. The van der Waals surface area contributed by atoms with Gasteiger partial charge in [0.05, 0.1) is 5.02 Å². The standard InChI is InChI=1S/C14H19ClFN/c15-12-8-4-7-11(14(12)16)9-13(17)10-5-2-1-3-6-10/h4,7-8,10,13H,1-3,5-6,9,17H2. The van der Waals surface area contributed by atoms with Gasteiger partial charge in [0.15, 0.2) is 0 Å². The Morgan fingerprint density at radius 3 is 2.71 bits per heavy atom. The third-order valence-electron chi connectivity index (χ3n) is 3.74. The summed E-state index contributed by atoms with van der Waals surface area (Å²) in [5, 5.41) is 0.193. The van der Waals surface area contributed by atoms with E-state index in [1.165, 1.54) is 32.1 Å². The molecule has 0 saturated heterocycles. The maximum Gasteiger partial charge on any atom is 0.145 e. The minimum absolute atomic E-state index is 0.0586. The van der Waals surface area contributed by atoms with Crippen molar-refractivity contribution in [1.82, 2.24) is 0 Å². The fourth-order valence-electron chi connectivity index (χ4n) is 2.69. The molecule has 1 fully saturated rings. The average Bonchev–Trinajstić information content (AvgIpc) is 2.36. The molecule has 0 spiro atoms. The van der Waals surface area contributed by atoms with E-state index in [0.29, 0.717) is 17.9 Å². The maximum atomic E-state index is 13.7. The van der Waals surface area contributed by atoms with Crippen molar-refractivity contribution in [2.45, 2.75) is 44.6 Å². The molecule has 1 nitrogen and oxygen atoms in total.